The number of rotatable bonds is 17. The second kappa shape index (κ2) is 18.5. The molecule has 3 fully saturated rings. The predicted molar refractivity (Wildman–Crippen MR) is 230 cm³/mol. The Kier molecular flexibility index (Phi) is 13.7. The Bertz CT molecular complexity index is 1790. The van der Waals surface area contributed by atoms with Crippen LogP contribution in [-0.4, -0.2) is 41.6 Å². The summed E-state index contributed by atoms with van der Waals surface area (Å²) in [5.74, 6) is 1.00. The molecule has 6 heteroatoms. The molecule has 1 N–H and O–H groups in total. The summed E-state index contributed by atoms with van der Waals surface area (Å²) in [6.07, 6.45) is 10.7. The fourth-order valence-electron chi connectivity index (χ4n) is 12.3. The normalized spacial score (nSPS) is 32.0. The van der Waals surface area contributed by atoms with E-state index in [1.807, 2.05) is 0 Å². The van der Waals surface area contributed by atoms with Crippen molar-refractivity contribution in [3.8, 4) is 0 Å². The molecule has 0 amide bonds. The number of fused-ring (bicyclic) bond motifs is 5. The van der Waals surface area contributed by atoms with Crippen LogP contribution in [0.5, 0.6) is 0 Å². The first-order chi connectivity index (χ1) is 28.0. The summed E-state index contributed by atoms with van der Waals surface area (Å²) in [6, 6.07) is 32.0. The van der Waals surface area contributed by atoms with Crippen LogP contribution in [0.25, 0.3) is 0 Å². The van der Waals surface area contributed by atoms with Crippen LogP contribution in [-0.2, 0) is 43.6 Å². The molecule has 0 heterocycles. The van der Waals surface area contributed by atoms with Gasteiger partial charge < -0.3 is 24.1 Å². The summed E-state index contributed by atoms with van der Waals surface area (Å²) in [5, 5.41) is 12.1. The summed E-state index contributed by atoms with van der Waals surface area (Å²) >= 11 is 0. The van der Waals surface area contributed by atoms with E-state index in [2.05, 4.69) is 132 Å². The molecule has 3 aromatic rings. The smallest absolute Gasteiger partial charge is 0.302 e. The van der Waals surface area contributed by atoms with E-state index in [1.165, 1.54) is 42.0 Å². The van der Waals surface area contributed by atoms with Gasteiger partial charge in [-0.15, -0.1) is 0 Å². The molecule has 0 spiro atoms. The van der Waals surface area contributed by atoms with Crippen LogP contribution in [0.4, 0.5) is 0 Å². The molecule has 314 valence electrons. The highest BCUT2D eigenvalue weighted by Crippen LogP contribution is 2.71. The summed E-state index contributed by atoms with van der Waals surface area (Å²) in [4.78, 5) is 11.6. The molecule has 0 saturated heterocycles. The third-order valence-electron chi connectivity index (χ3n) is 15.6. The zero-order valence-corrected chi connectivity index (χ0v) is 36.1. The average molecular weight is 791 g/mol. The molecular weight excluding hydrogens is 721 g/mol. The van der Waals surface area contributed by atoms with Crippen LogP contribution in [0.1, 0.15) is 116 Å². The van der Waals surface area contributed by atoms with E-state index in [9.17, 15) is 9.90 Å². The number of allylic oxidation sites excluding steroid dienone is 1. The molecule has 4 aliphatic rings. The van der Waals surface area contributed by atoms with Crippen LogP contribution in [0, 0.1) is 46.3 Å². The third kappa shape index (κ3) is 8.64. The van der Waals surface area contributed by atoms with E-state index >= 15 is 0 Å². The van der Waals surface area contributed by atoms with Crippen molar-refractivity contribution in [2.24, 2.45) is 46.3 Å². The highest BCUT2D eigenvalue weighted by Gasteiger charge is 2.72. The Balaban J connectivity index is 1.27. The Morgan fingerprint density at radius 2 is 1.34 bits per heavy atom. The van der Waals surface area contributed by atoms with Crippen molar-refractivity contribution in [3.05, 3.63) is 119 Å². The van der Waals surface area contributed by atoms with Gasteiger partial charge in [0.05, 0.1) is 50.3 Å². The second-order valence-electron chi connectivity index (χ2n) is 19.1. The highest BCUT2D eigenvalue weighted by atomic mass is 16.5. The van der Waals surface area contributed by atoms with Crippen molar-refractivity contribution in [3.63, 3.8) is 0 Å². The number of hydrogen-bond donors (Lipinski definition) is 1. The van der Waals surface area contributed by atoms with Gasteiger partial charge in [0, 0.05) is 24.2 Å². The largest absolute Gasteiger partial charge is 0.466 e. The fraction of sp³-hybridized carbons (Fsp3) is 0.596. The number of aliphatic hydroxyl groups excluding tert-OH is 1. The summed E-state index contributed by atoms with van der Waals surface area (Å²) in [6.45, 7) is 15.2. The minimum Gasteiger partial charge on any atom is -0.466 e. The fourth-order valence-corrected chi connectivity index (χ4v) is 12.3. The molecule has 58 heavy (non-hydrogen) atoms. The zero-order valence-electron chi connectivity index (χ0n) is 36.1. The van der Waals surface area contributed by atoms with Crippen molar-refractivity contribution >= 4 is 5.97 Å². The molecule has 6 nitrogen and oxygen atoms in total. The van der Waals surface area contributed by atoms with Gasteiger partial charge in [0.2, 0.25) is 0 Å². The number of aliphatic hydroxyl groups is 1. The molecule has 3 aromatic carbocycles. The first kappa shape index (κ1) is 42.8. The van der Waals surface area contributed by atoms with Crippen LogP contribution in [0.2, 0.25) is 0 Å². The number of carbonyl (C=O) groups is 1. The van der Waals surface area contributed by atoms with Gasteiger partial charge in [-0.05, 0) is 90.7 Å². The van der Waals surface area contributed by atoms with Crippen LogP contribution in [0.3, 0.4) is 0 Å². The Morgan fingerprint density at radius 1 is 0.759 bits per heavy atom. The molecular formula is C52H70O6. The van der Waals surface area contributed by atoms with Gasteiger partial charge >= 0.3 is 5.97 Å². The van der Waals surface area contributed by atoms with Crippen LogP contribution < -0.4 is 0 Å². The van der Waals surface area contributed by atoms with Gasteiger partial charge in [-0.3, -0.25) is 4.79 Å². The molecule has 7 rings (SSSR count). The maximum absolute atomic E-state index is 12.1. The summed E-state index contributed by atoms with van der Waals surface area (Å²) in [5.41, 5.74) is 4.30. The Hall–Kier alpha value is -3.29. The van der Waals surface area contributed by atoms with E-state index in [-0.39, 0.29) is 58.6 Å². The maximum atomic E-state index is 12.1. The number of benzene rings is 3. The van der Waals surface area contributed by atoms with Crippen molar-refractivity contribution in [1.29, 1.82) is 0 Å². The van der Waals surface area contributed by atoms with Crippen LogP contribution >= 0.6 is 0 Å². The molecule has 11 unspecified atom stereocenters. The lowest BCUT2D eigenvalue weighted by molar-refractivity contribution is -0.324. The standard InChI is InChI=1S/C52H70O6/c1-36(2)42(27-31-55-38(4)53)32-46(54)37(3)43-25-26-44-47-49(57-34-40-20-12-8-13-21-40)48(56-33-39-18-10-7-11-19-39)45-24-16-17-28-51(45,6)52(47,30-29-50(43,44)5)58-35-41-22-14-9-15-23-41/h7-15,18-23,25,36-37,42,44-49,54H,16-17,24,26-35H2,1-6H3. The van der Waals surface area contributed by atoms with Crippen LogP contribution in [0.15, 0.2) is 103 Å². The molecule has 0 aromatic heterocycles. The van der Waals surface area contributed by atoms with Crippen molar-refractivity contribution in [2.75, 3.05) is 6.61 Å². The Labute approximate surface area is 349 Å². The molecule has 0 aliphatic heterocycles. The maximum Gasteiger partial charge on any atom is 0.302 e. The lowest BCUT2D eigenvalue weighted by Crippen LogP contribution is -2.74. The zero-order chi connectivity index (χ0) is 40.9. The van der Waals surface area contributed by atoms with E-state index in [0.29, 0.717) is 38.8 Å². The average Bonchev–Trinajstić information content (AvgIpc) is 3.58. The minimum atomic E-state index is -0.494. The topological polar surface area (TPSA) is 74.2 Å². The first-order valence-electron chi connectivity index (χ1n) is 22.5. The van der Waals surface area contributed by atoms with Gasteiger partial charge in [-0.2, -0.15) is 0 Å². The van der Waals surface area contributed by atoms with Gasteiger partial charge in [0.1, 0.15) is 0 Å². The minimum absolute atomic E-state index is 0.00173. The van der Waals surface area contributed by atoms with Gasteiger partial charge in [-0.1, -0.05) is 150 Å². The number of esters is 1. The molecule has 4 aliphatic carbocycles. The third-order valence-corrected chi connectivity index (χ3v) is 15.6. The van der Waals surface area contributed by atoms with E-state index in [1.54, 1.807) is 0 Å². The van der Waals surface area contributed by atoms with E-state index < -0.39 is 11.7 Å². The SMILES string of the molecule is CC(=O)OCCC(CC(O)C(C)C1=CCC2C3C(OCc4ccccc4)C(OCc4ccccc4)C4CCCCC4(C)C3(OCc3ccccc3)CCC12C)C(C)C. The lowest BCUT2D eigenvalue weighted by Gasteiger charge is -2.69. The predicted octanol–water partition coefficient (Wildman–Crippen LogP) is 11.3. The van der Waals surface area contributed by atoms with Gasteiger partial charge in [-0.25, -0.2) is 0 Å². The van der Waals surface area contributed by atoms with Gasteiger partial charge in [0.15, 0.2) is 0 Å². The van der Waals surface area contributed by atoms with Gasteiger partial charge in [0.25, 0.3) is 0 Å². The molecule has 3 saturated carbocycles. The lowest BCUT2D eigenvalue weighted by atomic mass is 9.41. The van der Waals surface area contributed by atoms with Crippen molar-refractivity contribution in [2.45, 2.75) is 143 Å². The molecule has 11 atom stereocenters. The molecule has 0 bridgehead atoms. The van der Waals surface area contributed by atoms with E-state index in [4.69, 9.17) is 18.9 Å². The van der Waals surface area contributed by atoms with Crippen molar-refractivity contribution < 1.29 is 28.8 Å². The number of hydrogen-bond acceptors (Lipinski definition) is 6. The summed E-state index contributed by atoms with van der Waals surface area (Å²) < 4.78 is 27.8. The summed E-state index contributed by atoms with van der Waals surface area (Å²) in [7, 11) is 0. The second-order valence-corrected chi connectivity index (χ2v) is 19.1. The van der Waals surface area contributed by atoms with Crippen molar-refractivity contribution in [1.82, 2.24) is 0 Å². The number of ether oxygens (including phenoxy) is 4. The first-order valence-corrected chi connectivity index (χ1v) is 22.5. The van der Waals surface area contributed by atoms with E-state index in [0.717, 1.165) is 38.5 Å². The quantitative estimate of drug-likeness (QED) is 0.108. The monoisotopic (exact) mass is 791 g/mol. The number of carbonyl (C=O) groups excluding carboxylic acids is 1. The Morgan fingerprint density at radius 3 is 1.93 bits per heavy atom. The molecule has 0 radical (unpaired) electrons. The highest BCUT2D eigenvalue weighted by molar-refractivity contribution is 5.65.